The minimum atomic E-state index is 0.190. The first-order valence-electron chi connectivity index (χ1n) is 6.06. The smallest absolute Gasteiger partial charge is 0.145 e. The quantitative estimate of drug-likeness (QED) is 0.803. The lowest BCUT2D eigenvalue weighted by atomic mass is 10.2. The lowest BCUT2D eigenvalue weighted by Gasteiger charge is -2.07. The molecule has 2 rings (SSSR count). The molecule has 0 fully saturated rings. The SMILES string of the molecule is CC(C)Cn1ncnc1CC(=O)Cc1cccs1. The van der Waals surface area contributed by atoms with Gasteiger partial charge in [-0.05, 0) is 17.4 Å². The molecule has 0 spiro atoms. The van der Waals surface area contributed by atoms with Crippen molar-refractivity contribution in [1.29, 1.82) is 0 Å². The van der Waals surface area contributed by atoms with Gasteiger partial charge in [-0.1, -0.05) is 19.9 Å². The Morgan fingerprint density at radius 3 is 2.94 bits per heavy atom. The third-order valence-electron chi connectivity index (χ3n) is 2.54. The summed E-state index contributed by atoms with van der Waals surface area (Å²) in [6.07, 6.45) is 2.38. The van der Waals surface area contributed by atoms with Gasteiger partial charge in [-0.2, -0.15) is 5.10 Å². The van der Waals surface area contributed by atoms with Crippen LogP contribution in [-0.2, 0) is 24.2 Å². The van der Waals surface area contributed by atoms with E-state index in [1.165, 1.54) is 6.33 Å². The molecule has 2 heterocycles. The van der Waals surface area contributed by atoms with Crippen molar-refractivity contribution in [2.45, 2.75) is 33.2 Å². The van der Waals surface area contributed by atoms with Crippen LogP contribution in [0.25, 0.3) is 0 Å². The van der Waals surface area contributed by atoms with Gasteiger partial charge in [0.1, 0.15) is 17.9 Å². The second-order valence-electron chi connectivity index (χ2n) is 4.72. The Hall–Kier alpha value is -1.49. The van der Waals surface area contributed by atoms with Gasteiger partial charge < -0.3 is 0 Å². The molecule has 0 saturated carbocycles. The van der Waals surface area contributed by atoms with Crippen LogP contribution in [0, 0.1) is 5.92 Å². The molecule has 0 aliphatic rings. The molecule has 0 N–H and O–H groups in total. The molecule has 0 radical (unpaired) electrons. The van der Waals surface area contributed by atoms with Crippen molar-refractivity contribution in [3.63, 3.8) is 0 Å². The van der Waals surface area contributed by atoms with E-state index in [2.05, 4.69) is 23.9 Å². The summed E-state index contributed by atoms with van der Waals surface area (Å²) in [6.45, 7) is 5.06. The molecule has 0 aromatic carbocycles. The highest BCUT2D eigenvalue weighted by Crippen LogP contribution is 2.11. The zero-order valence-corrected chi connectivity index (χ0v) is 11.5. The van der Waals surface area contributed by atoms with Crippen molar-refractivity contribution < 1.29 is 4.79 Å². The summed E-state index contributed by atoms with van der Waals surface area (Å²) in [5, 5.41) is 6.15. The van der Waals surface area contributed by atoms with Crippen molar-refractivity contribution in [3.05, 3.63) is 34.5 Å². The molecular weight excluding hydrogens is 246 g/mol. The summed E-state index contributed by atoms with van der Waals surface area (Å²) < 4.78 is 1.83. The Morgan fingerprint density at radius 2 is 2.28 bits per heavy atom. The van der Waals surface area contributed by atoms with Gasteiger partial charge >= 0.3 is 0 Å². The van der Waals surface area contributed by atoms with E-state index in [-0.39, 0.29) is 5.78 Å². The molecule has 2 aromatic heterocycles. The van der Waals surface area contributed by atoms with Crippen LogP contribution in [0.2, 0.25) is 0 Å². The van der Waals surface area contributed by atoms with Gasteiger partial charge in [-0.25, -0.2) is 9.67 Å². The van der Waals surface area contributed by atoms with Gasteiger partial charge in [-0.3, -0.25) is 4.79 Å². The number of aromatic nitrogens is 3. The molecule has 5 heteroatoms. The lowest BCUT2D eigenvalue weighted by Crippen LogP contribution is -2.15. The molecule has 0 saturated heterocycles. The average molecular weight is 263 g/mol. The standard InChI is InChI=1S/C13H17N3OS/c1-10(2)8-16-13(14-9-15-16)7-11(17)6-12-4-3-5-18-12/h3-5,9-10H,6-8H2,1-2H3. The lowest BCUT2D eigenvalue weighted by molar-refractivity contribution is -0.117. The van der Waals surface area contributed by atoms with E-state index in [1.807, 2.05) is 22.2 Å². The van der Waals surface area contributed by atoms with Crippen LogP contribution in [0.3, 0.4) is 0 Å². The maximum atomic E-state index is 11.9. The van der Waals surface area contributed by atoms with E-state index in [0.717, 1.165) is 17.2 Å². The Bertz CT molecular complexity index is 502. The molecule has 0 aliphatic heterocycles. The molecule has 96 valence electrons. The van der Waals surface area contributed by atoms with Crippen LogP contribution in [0.15, 0.2) is 23.8 Å². The average Bonchev–Trinajstić information content (AvgIpc) is 2.91. The fourth-order valence-electron chi connectivity index (χ4n) is 1.77. The fourth-order valence-corrected chi connectivity index (χ4v) is 2.50. The van der Waals surface area contributed by atoms with Crippen molar-refractivity contribution in [3.8, 4) is 0 Å². The third-order valence-corrected chi connectivity index (χ3v) is 3.42. The van der Waals surface area contributed by atoms with Gasteiger partial charge in [0, 0.05) is 17.8 Å². The highest BCUT2D eigenvalue weighted by Gasteiger charge is 2.12. The van der Waals surface area contributed by atoms with E-state index in [1.54, 1.807) is 11.3 Å². The van der Waals surface area contributed by atoms with Crippen molar-refractivity contribution in [2.24, 2.45) is 5.92 Å². The Balaban J connectivity index is 1.96. The maximum absolute atomic E-state index is 11.9. The summed E-state index contributed by atoms with van der Waals surface area (Å²) in [5.74, 6) is 1.46. The fraction of sp³-hybridized carbons (Fsp3) is 0.462. The summed E-state index contributed by atoms with van der Waals surface area (Å²) in [6, 6.07) is 3.95. The molecule has 0 unspecified atom stereocenters. The first-order valence-corrected chi connectivity index (χ1v) is 6.94. The predicted octanol–water partition coefficient (Wildman–Crippen LogP) is 2.35. The number of hydrogen-bond acceptors (Lipinski definition) is 4. The van der Waals surface area contributed by atoms with Gasteiger partial charge in [0.2, 0.25) is 0 Å². The summed E-state index contributed by atoms with van der Waals surface area (Å²) >= 11 is 1.62. The van der Waals surface area contributed by atoms with Gasteiger partial charge in [0.15, 0.2) is 0 Å². The van der Waals surface area contributed by atoms with Gasteiger partial charge in [0.05, 0.1) is 6.42 Å². The molecule has 4 nitrogen and oxygen atoms in total. The van der Waals surface area contributed by atoms with Crippen molar-refractivity contribution in [2.75, 3.05) is 0 Å². The van der Waals surface area contributed by atoms with E-state index in [4.69, 9.17) is 0 Å². The number of thiophene rings is 1. The topological polar surface area (TPSA) is 47.8 Å². The number of carbonyl (C=O) groups excluding carboxylic acids is 1. The Morgan fingerprint density at radius 1 is 1.44 bits per heavy atom. The highest BCUT2D eigenvalue weighted by molar-refractivity contribution is 7.10. The van der Waals surface area contributed by atoms with Crippen LogP contribution < -0.4 is 0 Å². The molecule has 0 atom stereocenters. The van der Waals surface area contributed by atoms with Crippen LogP contribution >= 0.6 is 11.3 Å². The van der Waals surface area contributed by atoms with Gasteiger partial charge in [0.25, 0.3) is 0 Å². The van der Waals surface area contributed by atoms with E-state index < -0.39 is 0 Å². The van der Waals surface area contributed by atoms with E-state index in [9.17, 15) is 4.79 Å². The molecule has 0 aliphatic carbocycles. The first-order chi connectivity index (χ1) is 8.65. The second-order valence-corrected chi connectivity index (χ2v) is 5.76. The number of carbonyl (C=O) groups is 1. The van der Waals surface area contributed by atoms with Gasteiger partial charge in [-0.15, -0.1) is 11.3 Å². The molecular formula is C13H17N3OS. The molecule has 0 bridgehead atoms. The zero-order chi connectivity index (χ0) is 13.0. The van der Waals surface area contributed by atoms with Crippen molar-refractivity contribution in [1.82, 2.24) is 14.8 Å². The van der Waals surface area contributed by atoms with E-state index in [0.29, 0.717) is 18.8 Å². The molecule has 2 aromatic rings. The van der Waals surface area contributed by atoms with Crippen molar-refractivity contribution >= 4 is 17.1 Å². The monoisotopic (exact) mass is 263 g/mol. The first kappa shape index (κ1) is 13.0. The maximum Gasteiger partial charge on any atom is 0.145 e. The summed E-state index contributed by atoms with van der Waals surface area (Å²) in [5.41, 5.74) is 0. The Kier molecular flexibility index (Phi) is 4.25. The third kappa shape index (κ3) is 3.50. The normalized spacial score (nSPS) is 11.1. The largest absolute Gasteiger partial charge is 0.299 e. The minimum absolute atomic E-state index is 0.190. The summed E-state index contributed by atoms with van der Waals surface area (Å²) in [4.78, 5) is 17.2. The molecule has 18 heavy (non-hydrogen) atoms. The Labute approximate surface area is 111 Å². The minimum Gasteiger partial charge on any atom is -0.299 e. The summed E-state index contributed by atoms with van der Waals surface area (Å²) in [7, 11) is 0. The highest BCUT2D eigenvalue weighted by atomic mass is 32.1. The second kappa shape index (κ2) is 5.91. The number of rotatable bonds is 6. The van der Waals surface area contributed by atoms with Crippen LogP contribution in [0.1, 0.15) is 24.5 Å². The number of ketones is 1. The van der Waals surface area contributed by atoms with Crippen LogP contribution in [-0.4, -0.2) is 20.5 Å². The predicted molar refractivity (Wildman–Crippen MR) is 71.6 cm³/mol. The van der Waals surface area contributed by atoms with Crippen LogP contribution in [0.5, 0.6) is 0 Å². The zero-order valence-electron chi connectivity index (χ0n) is 10.7. The van der Waals surface area contributed by atoms with E-state index >= 15 is 0 Å². The number of nitrogens with zero attached hydrogens (tertiary/aromatic N) is 3. The van der Waals surface area contributed by atoms with Crippen LogP contribution in [0.4, 0.5) is 0 Å². The number of hydrogen-bond donors (Lipinski definition) is 0. The molecule has 0 amide bonds. The number of Topliss-reactive ketones (excluding diaryl/α,β-unsaturated/α-hetero) is 1.